The average Bonchev–Trinajstić information content (AvgIpc) is 3.17. The first-order valence-corrected chi connectivity index (χ1v) is 7.97. The number of carbonyl (C=O) groups is 1. The molecule has 8 heteroatoms. The summed E-state index contributed by atoms with van der Waals surface area (Å²) in [6.07, 6.45) is 1.84. The van der Waals surface area contributed by atoms with Crippen LogP contribution in [0.3, 0.4) is 0 Å². The van der Waals surface area contributed by atoms with E-state index in [1.54, 1.807) is 0 Å². The lowest BCUT2D eigenvalue weighted by molar-refractivity contribution is -0.121. The second-order valence-corrected chi connectivity index (χ2v) is 7.24. The van der Waals surface area contributed by atoms with Crippen LogP contribution in [0.1, 0.15) is 18.4 Å². The molecule has 1 aromatic rings. The molecule has 1 aliphatic carbocycles. The topological polar surface area (TPSA) is 92.5 Å². The Hall–Kier alpha value is -1.67. The van der Waals surface area contributed by atoms with Crippen molar-refractivity contribution >= 4 is 21.6 Å². The minimum Gasteiger partial charge on any atom is -0.399 e. The molecule has 0 radical (unpaired) electrons. The Morgan fingerprint density at radius 3 is 2.67 bits per heavy atom. The number of halogens is 1. The van der Waals surface area contributed by atoms with Crippen molar-refractivity contribution in [3.8, 4) is 0 Å². The zero-order valence-corrected chi connectivity index (χ0v) is 12.7. The van der Waals surface area contributed by atoms with Crippen molar-refractivity contribution < 1.29 is 17.6 Å². The number of nitrogens with one attached hydrogen (secondary N) is 1. The summed E-state index contributed by atoms with van der Waals surface area (Å²) < 4.78 is 39.4. The molecule has 0 saturated heterocycles. The molecule has 0 spiro atoms. The standard InChI is InChI=1S/C13H18FN3O3S/c1-8-11(14)5-9(15)6-12(8)21(19,20)17(2)7-13(18)16-10-3-4-10/h5-6,10H,3-4,7,15H2,1-2H3,(H,16,18). The number of rotatable bonds is 5. The number of nitrogen functional groups attached to an aromatic ring is 1. The van der Waals surface area contributed by atoms with E-state index >= 15 is 0 Å². The molecule has 1 amide bonds. The molecule has 3 N–H and O–H groups in total. The van der Waals surface area contributed by atoms with E-state index in [4.69, 9.17) is 5.73 Å². The maximum atomic E-state index is 13.6. The lowest BCUT2D eigenvalue weighted by Gasteiger charge is -2.18. The normalized spacial score (nSPS) is 15.2. The van der Waals surface area contributed by atoms with E-state index in [1.807, 2.05) is 0 Å². The summed E-state index contributed by atoms with van der Waals surface area (Å²) in [6.45, 7) is 1.05. The van der Waals surface area contributed by atoms with Gasteiger partial charge in [-0.1, -0.05) is 0 Å². The Morgan fingerprint density at radius 2 is 2.10 bits per heavy atom. The fourth-order valence-corrected chi connectivity index (χ4v) is 3.29. The van der Waals surface area contributed by atoms with Crippen molar-refractivity contribution in [1.82, 2.24) is 9.62 Å². The van der Waals surface area contributed by atoms with Gasteiger partial charge in [0.15, 0.2) is 0 Å². The van der Waals surface area contributed by atoms with Crippen molar-refractivity contribution in [2.24, 2.45) is 0 Å². The molecule has 1 aromatic carbocycles. The molecular formula is C13H18FN3O3S. The Balaban J connectivity index is 2.22. The Labute approximate surface area is 123 Å². The Morgan fingerprint density at radius 1 is 1.48 bits per heavy atom. The number of amides is 1. The van der Waals surface area contributed by atoms with Gasteiger partial charge < -0.3 is 11.1 Å². The number of nitrogens with zero attached hydrogens (tertiary/aromatic N) is 1. The van der Waals surface area contributed by atoms with Crippen molar-refractivity contribution in [1.29, 1.82) is 0 Å². The number of hydrogen-bond acceptors (Lipinski definition) is 4. The summed E-state index contributed by atoms with van der Waals surface area (Å²) >= 11 is 0. The molecule has 0 atom stereocenters. The van der Waals surface area contributed by atoms with Crippen LogP contribution in [0.5, 0.6) is 0 Å². The number of hydrogen-bond donors (Lipinski definition) is 2. The molecule has 2 rings (SSSR count). The third-order valence-electron chi connectivity index (χ3n) is 3.32. The van der Waals surface area contributed by atoms with Crippen molar-refractivity contribution in [3.63, 3.8) is 0 Å². The Kier molecular flexibility index (Phi) is 4.20. The van der Waals surface area contributed by atoms with Crippen LogP contribution in [0.15, 0.2) is 17.0 Å². The van der Waals surface area contributed by atoms with E-state index < -0.39 is 15.8 Å². The molecule has 6 nitrogen and oxygen atoms in total. The molecule has 0 aliphatic heterocycles. The Bertz CT molecular complexity index is 671. The summed E-state index contributed by atoms with van der Waals surface area (Å²) in [4.78, 5) is 11.5. The van der Waals surface area contributed by atoms with Gasteiger partial charge in [0.1, 0.15) is 5.82 Å². The first kappa shape index (κ1) is 15.7. The minimum atomic E-state index is -3.97. The van der Waals surface area contributed by atoms with Crippen molar-refractivity contribution in [2.75, 3.05) is 19.3 Å². The largest absolute Gasteiger partial charge is 0.399 e. The van der Waals surface area contributed by atoms with Crippen LogP contribution >= 0.6 is 0 Å². The molecule has 1 aliphatic rings. The predicted molar refractivity (Wildman–Crippen MR) is 76.5 cm³/mol. The predicted octanol–water partition coefficient (Wildman–Crippen LogP) is 0.615. The van der Waals surface area contributed by atoms with Crippen molar-refractivity contribution in [2.45, 2.75) is 30.7 Å². The molecule has 0 heterocycles. The van der Waals surface area contributed by atoms with Crippen LogP contribution in [0.4, 0.5) is 10.1 Å². The highest BCUT2D eigenvalue weighted by atomic mass is 32.2. The van der Waals surface area contributed by atoms with Gasteiger partial charge in [0.25, 0.3) is 0 Å². The van der Waals surface area contributed by atoms with E-state index in [0.29, 0.717) is 0 Å². The van der Waals surface area contributed by atoms with Crippen LogP contribution in [0.25, 0.3) is 0 Å². The number of sulfonamides is 1. The van der Waals surface area contributed by atoms with Gasteiger partial charge in [-0.25, -0.2) is 12.8 Å². The third-order valence-corrected chi connectivity index (χ3v) is 5.25. The van der Waals surface area contributed by atoms with E-state index in [9.17, 15) is 17.6 Å². The van der Waals surface area contributed by atoms with Crippen LogP contribution < -0.4 is 11.1 Å². The summed E-state index contributed by atoms with van der Waals surface area (Å²) in [6, 6.07) is 2.41. The molecule has 0 unspecified atom stereocenters. The molecule has 1 saturated carbocycles. The van der Waals surface area contributed by atoms with Crippen LogP contribution in [-0.2, 0) is 14.8 Å². The number of nitrogens with two attached hydrogens (primary N) is 1. The maximum Gasteiger partial charge on any atom is 0.243 e. The van der Waals surface area contributed by atoms with E-state index in [-0.39, 0.29) is 34.6 Å². The molecule has 21 heavy (non-hydrogen) atoms. The zero-order valence-electron chi connectivity index (χ0n) is 11.9. The second kappa shape index (κ2) is 5.61. The molecule has 116 valence electrons. The smallest absolute Gasteiger partial charge is 0.243 e. The monoisotopic (exact) mass is 315 g/mol. The summed E-state index contributed by atoms with van der Waals surface area (Å²) in [5, 5.41) is 2.70. The number of carbonyl (C=O) groups excluding carboxylic acids is 1. The van der Waals surface area contributed by atoms with Gasteiger partial charge in [-0.05, 0) is 31.9 Å². The molecule has 0 bridgehead atoms. The zero-order chi connectivity index (χ0) is 15.8. The molecular weight excluding hydrogens is 297 g/mol. The highest BCUT2D eigenvalue weighted by molar-refractivity contribution is 7.89. The first-order valence-electron chi connectivity index (χ1n) is 6.53. The van der Waals surface area contributed by atoms with Gasteiger partial charge >= 0.3 is 0 Å². The van der Waals surface area contributed by atoms with Gasteiger partial charge in [0, 0.05) is 24.3 Å². The summed E-state index contributed by atoms with van der Waals surface area (Å²) in [5.41, 5.74) is 5.50. The first-order chi connectivity index (χ1) is 9.71. The molecule has 0 aromatic heterocycles. The number of likely N-dealkylation sites (N-methyl/N-ethyl adjacent to an activating group) is 1. The minimum absolute atomic E-state index is 0.0151. The average molecular weight is 315 g/mol. The van der Waals surface area contributed by atoms with Crippen molar-refractivity contribution in [3.05, 3.63) is 23.5 Å². The molecule has 1 fully saturated rings. The highest BCUT2D eigenvalue weighted by Crippen LogP contribution is 2.24. The number of anilines is 1. The summed E-state index contributed by atoms with van der Waals surface area (Å²) in [7, 11) is -2.69. The van der Waals surface area contributed by atoms with Gasteiger partial charge in [0.2, 0.25) is 15.9 Å². The second-order valence-electron chi connectivity index (χ2n) is 5.23. The van der Waals surface area contributed by atoms with Gasteiger partial charge in [0.05, 0.1) is 11.4 Å². The SMILES string of the molecule is Cc1c(F)cc(N)cc1S(=O)(=O)N(C)CC(=O)NC1CC1. The fourth-order valence-electron chi connectivity index (χ4n) is 1.90. The lowest BCUT2D eigenvalue weighted by Crippen LogP contribution is -2.39. The van der Waals surface area contributed by atoms with E-state index in [0.717, 1.165) is 23.2 Å². The van der Waals surface area contributed by atoms with Gasteiger partial charge in [-0.2, -0.15) is 4.31 Å². The summed E-state index contributed by atoms with van der Waals surface area (Å²) in [5.74, 6) is -1.06. The lowest BCUT2D eigenvalue weighted by atomic mass is 10.2. The fraction of sp³-hybridized carbons (Fsp3) is 0.462. The highest BCUT2D eigenvalue weighted by Gasteiger charge is 2.28. The van der Waals surface area contributed by atoms with Crippen LogP contribution in [-0.4, -0.2) is 38.3 Å². The van der Waals surface area contributed by atoms with Gasteiger partial charge in [-0.3, -0.25) is 4.79 Å². The van der Waals surface area contributed by atoms with Gasteiger partial charge in [-0.15, -0.1) is 0 Å². The van der Waals surface area contributed by atoms with E-state index in [2.05, 4.69) is 5.32 Å². The van der Waals surface area contributed by atoms with E-state index in [1.165, 1.54) is 20.0 Å². The maximum absolute atomic E-state index is 13.6. The quantitative estimate of drug-likeness (QED) is 0.779. The van der Waals surface area contributed by atoms with Crippen LogP contribution in [0.2, 0.25) is 0 Å². The third kappa shape index (κ3) is 3.51. The number of benzene rings is 1. The van der Waals surface area contributed by atoms with Crippen LogP contribution in [0, 0.1) is 12.7 Å².